The number of carbonyl (C=O) groups is 3. The van der Waals surface area contributed by atoms with E-state index in [2.05, 4.69) is 35.1 Å². The molecule has 0 spiro atoms. The van der Waals surface area contributed by atoms with Crippen molar-refractivity contribution in [3.63, 3.8) is 0 Å². The minimum absolute atomic E-state index is 0.185. The summed E-state index contributed by atoms with van der Waals surface area (Å²) in [4.78, 5) is 39.6. The Morgan fingerprint density at radius 3 is 2.38 bits per heavy atom. The van der Waals surface area contributed by atoms with Crippen LogP contribution in [0, 0.1) is 0 Å². The summed E-state index contributed by atoms with van der Waals surface area (Å²) in [6.07, 6.45) is 1.53. The van der Waals surface area contributed by atoms with Crippen molar-refractivity contribution >= 4 is 45.0 Å². The van der Waals surface area contributed by atoms with Crippen molar-refractivity contribution in [2.75, 3.05) is 37.6 Å². The summed E-state index contributed by atoms with van der Waals surface area (Å²) in [5, 5.41) is 2.73. The number of methoxy groups -OCH3 is 1. The molecule has 9 heteroatoms. The zero-order valence-electron chi connectivity index (χ0n) is 22.1. The van der Waals surface area contributed by atoms with Gasteiger partial charge in [-0.05, 0) is 54.1 Å². The lowest BCUT2D eigenvalue weighted by atomic mass is 9.83. The first kappa shape index (κ1) is 27.9. The number of carbonyl (C=O) groups excluding carboxylic acids is 3. The number of likely N-dealkylation sites (N-methyl/N-ethyl adjacent to an activating group) is 1. The summed E-state index contributed by atoms with van der Waals surface area (Å²) in [7, 11) is 3.34. The molecule has 0 radical (unpaired) electrons. The Balaban J connectivity index is 1.34. The van der Waals surface area contributed by atoms with Crippen LogP contribution in [0.25, 0.3) is 0 Å². The Morgan fingerprint density at radius 1 is 0.974 bits per heavy atom. The van der Waals surface area contributed by atoms with Crippen LogP contribution in [0.15, 0.2) is 83.0 Å². The van der Waals surface area contributed by atoms with Crippen LogP contribution in [0.1, 0.15) is 29.8 Å². The van der Waals surface area contributed by atoms with Gasteiger partial charge in [0.05, 0.1) is 12.7 Å². The van der Waals surface area contributed by atoms with E-state index in [1.807, 2.05) is 48.3 Å². The molecule has 39 heavy (non-hydrogen) atoms. The number of fused-ring (bicyclic) bond motifs is 1. The molecule has 1 heterocycles. The topological polar surface area (TPSA) is 94.2 Å². The number of benzene rings is 3. The Hall–Kier alpha value is -4.11. The van der Waals surface area contributed by atoms with Gasteiger partial charge >= 0.3 is 5.97 Å². The Labute approximate surface area is 235 Å². The predicted molar refractivity (Wildman–Crippen MR) is 153 cm³/mol. The summed E-state index contributed by atoms with van der Waals surface area (Å²) in [6.45, 7) is 3.45. The smallest absolute Gasteiger partial charge is 0.338 e. The summed E-state index contributed by atoms with van der Waals surface area (Å²) in [5.41, 5.74) is 3.46. The number of hydrogen-bond acceptors (Lipinski definition) is 7. The number of halogens is 1. The Bertz CT molecular complexity index is 1430. The number of nitrogens with one attached hydrogen (secondary N) is 1. The van der Waals surface area contributed by atoms with Gasteiger partial charge in [0.1, 0.15) is 0 Å². The largest absolute Gasteiger partial charge is 0.493 e. The third-order valence-electron chi connectivity index (χ3n) is 6.47. The van der Waals surface area contributed by atoms with Crippen LogP contribution in [-0.4, -0.2) is 45.0 Å². The number of amides is 1. The summed E-state index contributed by atoms with van der Waals surface area (Å²) < 4.78 is 17.1. The van der Waals surface area contributed by atoms with Crippen molar-refractivity contribution in [3.05, 3.63) is 94.1 Å². The normalized spacial score (nSPS) is 14.5. The molecule has 0 fully saturated rings. The van der Waals surface area contributed by atoms with Gasteiger partial charge in [0.15, 0.2) is 30.5 Å². The van der Waals surface area contributed by atoms with Crippen molar-refractivity contribution in [1.29, 1.82) is 0 Å². The van der Waals surface area contributed by atoms with Gasteiger partial charge in [0.25, 0.3) is 5.91 Å². The number of esters is 1. The number of nitrogens with zero attached hydrogens (tertiary/aromatic N) is 1. The maximum Gasteiger partial charge on any atom is 0.338 e. The van der Waals surface area contributed by atoms with E-state index in [0.29, 0.717) is 5.69 Å². The number of ketones is 1. The van der Waals surface area contributed by atoms with Crippen LogP contribution in [-0.2, 0) is 19.7 Å². The molecular formula is C30H29BrN2O6. The molecule has 0 atom stereocenters. The molecule has 4 rings (SSSR count). The third-order valence-corrected chi connectivity index (χ3v) is 7.00. The van der Waals surface area contributed by atoms with Crippen LogP contribution in [0.2, 0.25) is 0 Å². The number of rotatable bonds is 9. The summed E-state index contributed by atoms with van der Waals surface area (Å²) in [6, 6.07) is 19.6. The van der Waals surface area contributed by atoms with Crippen LogP contribution < -0.4 is 19.7 Å². The molecule has 0 bridgehead atoms. The van der Waals surface area contributed by atoms with E-state index in [-0.39, 0.29) is 40.8 Å². The van der Waals surface area contributed by atoms with Crippen molar-refractivity contribution in [2.45, 2.75) is 19.3 Å². The van der Waals surface area contributed by atoms with Crippen LogP contribution in [0.4, 0.5) is 11.4 Å². The molecule has 0 saturated heterocycles. The lowest BCUT2D eigenvalue weighted by Crippen LogP contribution is -2.25. The molecular weight excluding hydrogens is 564 g/mol. The van der Waals surface area contributed by atoms with E-state index in [0.717, 1.165) is 21.4 Å². The first-order valence-corrected chi connectivity index (χ1v) is 13.0. The van der Waals surface area contributed by atoms with Crippen LogP contribution >= 0.6 is 15.9 Å². The van der Waals surface area contributed by atoms with Gasteiger partial charge in [-0.1, -0.05) is 48.0 Å². The molecule has 3 aromatic rings. The van der Waals surface area contributed by atoms with E-state index in [4.69, 9.17) is 14.2 Å². The first-order chi connectivity index (χ1) is 18.6. The molecule has 3 aromatic carbocycles. The molecule has 0 unspecified atom stereocenters. The second-order valence-electron chi connectivity index (χ2n) is 9.48. The average Bonchev–Trinajstić information content (AvgIpc) is 3.12. The number of para-hydroxylation sites is 1. The number of anilines is 2. The quantitative estimate of drug-likeness (QED) is 0.258. The summed E-state index contributed by atoms with van der Waals surface area (Å²) >= 11 is 3.35. The maximum atomic E-state index is 12.7. The molecule has 0 aliphatic carbocycles. The predicted octanol–water partition coefficient (Wildman–Crippen LogP) is 5.51. The van der Waals surface area contributed by atoms with Crippen molar-refractivity contribution < 1.29 is 28.6 Å². The minimum Gasteiger partial charge on any atom is -0.493 e. The van der Waals surface area contributed by atoms with Crippen LogP contribution in [0.5, 0.6) is 11.5 Å². The first-order valence-electron chi connectivity index (χ1n) is 12.2. The highest BCUT2D eigenvalue weighted by atomic mass is 79.9. The molecule has 1 N–H and O–H groups in total. The fourth-order valence-corrected chi connectivity index (χ4v) is 4.72. The molecule has 1 aliphatic heterocycles. The highest BCUT2D eigenvalue weighted by Crippen LogP contribution is 2.46. The third kappa shape index (κ3) is 6.31. The van der Waals surface area contributed by atoms with Crippen molar-refractivity contribution in [1.82, 2.24) is 0 Å². The van der Waals surface area contributed by atoms with Crippen molar-refractivity contribution in [3.8, 4) is 11.5 Å². The fraction of sp³-hybridized carbons (Fsp3) is 0.233. The molecule has 202 valence electrons. The lowest BCUT2D eigenvalue weighted by molar-refractivity contribution is -0.118. The van der Waals surface area contributed by atoms with Gasteiger partial charge in [-0.15, -0.1) is 0 Å². The molecule has 1 amide bonds. The van der Waals surface area contributed by atoms with Crippen LogP contribution in [0.3, 0.4) is 0 Å². The van der Waals surface area contributed by atoms with E-state index in [9.17, 15) is 14.4 Å². The highest BCUT2D eigenvalue weighted by Gasteiger charge is 2.38. The van der Waals surface area contributed by atoms with E-state index < -0.39 is 12.6 Å². The van der Waals surface area contributed by atoms with Gasteiger partial charge in [0, 0.05) is 40.1 Å². The molecule has 0 aromatic heterocycles. The number of ether oxygens (including phenoxy) is 3. The fourth-order valence-electron chi connectivity index (χ4n) is 4.46. The monoisotopic (exact) mass is 592 g/mol. The highest BCUT2D eigenvalue weighted by molar-refractivity contribution is 9.10. The second kappa shape index (κ2) is 11.7. The molecule has 1 aliphatic rings. The lowest BCUT2D eigenvalue weighted by Gasteiger charge is -2.23. The zero-order valence-corrected chi connectivity index (χ0v) is 23.7. The Kier molecular flexibility index (Phi) is 8.40. The van der Waals surface area contributed by atoms with Gasteiger partial charge in [-0.2, -0.15) is 0 Å². The van der Waals surface area contributed by atoms with Gasteiger partial charge < -0.3 is 24.4 Å². The van der Waals surface area contributed by atoms with E-state index >= 15 is 0 Å². The van der Waals surface area contributed by atoms with Gasteiger partial charge in [0.2, 0.25) is 0 Å². The Morgan fingerprint density at radius 2 is 1.69 bits per heavy atom. The van der Waals surface area contributed by atoms with E-state index in [1.165, 1.54) is 31.4 Å². The number of hydrogen-bond donors (Lipinski definition) is 1. The minimum atomic E-state index is -0.679. The van der Waals surface area contributed by atoms with Crippen molar-refractivity contribution in [2.24, 2.45) is 0 Å². The van der Waals surface area contributed by atoms with E-state index in [1.54, 1.807) is 12.1 Å². The van der Waals surface area contributed by atoms with Gasteiger partial charge in [-0.25, -0.2) is 4.79 Å². The second-order valence-corrected chi connectivity index (χ2v) is 10.4. The molecule has 0 saturated carbocycles. The maximum absolute atomic E-state index is 12.7. The average molecular weight is 593 g/mol. The molecule has 8 nitrogen and oxygen atoms in total. The number of allylic oxidation sites excluding steroid dienone is 1. The SMILES string of the molecule is COc1cc(C(=O)OCC(=O)C=C2N(C)c3ccccc3C2(C)C)ccc1OCC(=O)Nc1ccc(Br)cc1. The zero-order chi connectivity index (χ0) is 28.2. The summed E-state index contributed by atoms with van der Waals surface area (Å²) in [5.74, 6) is -0.820. The van der Waals surface area contributed by atoms with Gasteiger partial charge in [-0.3, -0.25) is 9.59 Å². The standard InChI is InChI=1S/C30H29BrN2O6/c1-30(2)23-7-5-6-8-24(23)33(3)27(30)16-22(34)17-39-29(36)19-9-14-25(26(15-19)37-4)38-18-28(35)32-21-12-10-20(31)11-13-21/h5-16H,17-18H2,1-4H3,(H,32,35).